The SMILES string of the molecule is C[C@]12CCC[C@](C)(C(=O)O)[C@@H]1CC=C(CO)[C@@H]2CCc1ccoc1. The summed E-state index contributed by atoms with van der Waals surface area (Å²) in [6.45, 7) is 4.24. The van der Waals surface area contributed by atoms with E-state index < -0.39 is 11.4 Å². The molecule has 2 aliphatic rings. The van der Waals surface area contributed by atoms with Crippen LogP contribution < -0.4 is 0 Å². The van der Waals surface area contributed by atoms with Gasteiger partial charge in [-0.05, 0) is 73.5 Å². The van der Waals surface area contributed by atoms with E-state index in [2.05, 4.69) is 13.0 Å². The van der Waals surface area contributed by atoms with Gasteiger partial charge < -0.3 is 14.6 Å². The molecule has 3 rings (SSSR count). The molecule has 4 heteroatoms. The van der Waals surface area contributed by atoms with Crippen molar-refractivity contribution in [2.75, 3.05) is 6.61 Å². The summed E-state index contributed by atoms with van der Waals surface area (Å²) in [6, 6.07) is 1.98. The first-order valence-corrected chi connectivity index (χ1v) is 8.96. The van der Waals surface area contributed by atoms with E-state index in [1.807, 2.05) is 13.0 Å². The van der Waals surface area contributed by atoms with Crippen molar-refractivity contribution in [3.63, 3.8) is 0 Å². The van der Waals surface area contributed by atoms with Gasteiger partial charge >= 0.3 is 5.97 Å². The van der Waals surface area contributed by atoms with Crippen LogP contribution in [-0.4, -0.2) is 22.8 Å². The monoisotopic (exact) mass is 332 g/mol. The lowest BCUT2D eigenvalue weighted by Crippen LogP contribution is -2.53. The molecule has 2 N–H and O–H groups in total. The first-order valence-electron chi connectivity index (χ1n) is 8.96. The summed E-state index contributed by atoms with van der Waals surface area (Å²) in [5.41, 5.74) is 1.52. The maximum Gasteiger partial charge on any atom is 0.309 e. The van der Waals surface area contributed by atoms with Crippen LogP contribution in [0.15, 0.2) is 34.7 Å². The van der Waals surface area contributed by atoms with Gasteiger partial charge in [-0.15, -0.1) is 0 Å². The highest BCUT2D eigenvalue weighted by Gasteiger charge is 2.56. The van der Waals surface area contributed by atoms with Crippen LogP contribution in [-0.2, 0) is 11.2 Å². The normalized spacial score (nSPS) is 36.0. The van der Waals surface area contributed by atoms with E-state index in [9.17, 15) is 15.0 Å². The van der Waals surface area contributed by atoms with E-state index in [1.165, 1.54) is 0 Å². The molecular weight excluding hydrogens is 304 g/mol. The molecule has 0 aromatic carbocycles. The van der Waals surface area contributed by atoms with Crippen molar-refractivity contribution in [1.82, 2.24) is 0 Å². The Morgan fingerprint density at radius 2 is 2.17 bits per heavy atom. The third-order valence-electron chi connectivity index (χ3n) is 6.81. The summed E-state index contributed by atoms with van der Waals surface area (Å²) in [6.07, 6.45) is 10.9. The Labute approximate surface area is 143 Å². The fraction of sp³-hybridized carbons (Fsp3) is 0.650. The number of aliphatic hydroxyl groups is 1. The van der Waals surface area contributed by atoms with Crippen molar-refractivity contribution < 1.29 is 19.4 Å². The molecule has 0 spiro atoms. The number of carbonyl (C=O) groups is 1. The highest BCUT2D eigenvalue weighted by molar-refractivity contribution is 5.75. The molecule has 4 nitrogen and oxygen atoms in total. The van der Waals surface area contributed by atoms with Crippen LogP contribution >= 0.6 is 0 Å². The smallest absolute Gasteiger partial charge is 0.309 e. The molecule has 0 amide bonds. The maximum atomic E-state index is 12.0. The zero-order valence-corrected chi connectivity index (χ0v) is 14.6. The van der Waals surface area contributed by atoms with Gasteiger partial charge in [0.25, 0.3) is 0 Å². The summed E-state index contributed by atoms with van der Waals surface area (Å²) in [4.78, 5) is 12.0. The number of hydrogen-bond donors (Lipinski definition) is 2. The second kappa shape index (κ2) is 6.40. The van der Waals surface area contributed by atoms with Gasteiger partial charge in [0.15, 0.2) is 0 Å². The molecule has 0 unspecified atom stereocenters. The van der Waals surface area contributed by atoms with Crippen LogP contribution in [0.5, 0.6) is 0 Å². The van der Waals surface area contributed by atoms with E-state index in [0.717, 1.165) is 49.7 Å². The highest BCUT2D eigenvalue weighted by atomic mass is 16.4. The van der Waals surface area contributed by atoms with Crippen LogP contribution in [0.4, 0.5) is 0 Å². The number of aliphatic hydroxyl groups excluding tert-OH is 1. The van der Waals surface area contributed by atoms with Crippen LogP contribution in [0.25, 0.3) is 0 Å². The number of aliphatic carboxylic acids is 1. The van der Waals surface area contributed by atoms with Gasteiger partial charge in [-0.3, -0.25) is 4.79 Å². The Bertz CT molecular complexity index is 618. The third-order valence-corrected chi connectivity index (χ3v) is 6.81. The number of allylic oxidation sites excluding steroid dienone is 1. The molecule has 24 heavy (non-hydrogen) atoms. The standard InChI is InChI=1S/C20H28O4/c1-19-9-3-10-20(2,18(22)23)17(19)7-5-15(12-21)16(19)6-4-14-8-11-24-13-14/h5,8,11,13,16-17,21H,3-4,6-7,9-10,12H2,1-2H3,(H,22,23)/t16-,17+,19+,20-/m0/s1. The van der Waals surface area contributed by atoms with E-state index >= 15 is 0 Å². The van der Waals surface area contributed by atoms with Gasteiger partial charge in [0, 0.05) is 0 Å². The number of furan rings is 1. The summed E-state index contributed by atoms with van der Waals surface area (Å²) in [5.74, 6) is -0.316. The summed E-state index contributed by atoms with van der Waals surface area (Å²) in [7, 11) is 0. The van der Waals surface area contributed by atoms with E-state index in [4.69, 9.17) is 4.42 Å². The van der Waals surface area contributed by atoms with Crippen LogP contribution in [0.3, 0.4) is 0 Å². The predicted octanol–water partition coefficient (Wildman–Crippen LogP) is 4.05. The highest BCUT2D eigenvalue weighted by Crippen LogP contribution is 2.60. The van der Waals surface area contributed by atoms with E-state index in [1.54, 1.807) is 12.5 Å². The molecule has 4 atom stereocenters. The first-order chi connectivity index (χ1) is 11.4. The number of carboxylic acids is 1. The summed E-state index contributed by atoms with van der Waals surface area (Å²) >= 11 is 0. The number of aryl methyl sites for hydroxylation is 1. The van der Waals surface area contributed by atoms with Crippen molar-refractivity contribution >= 4 is 5.97 Å². The molecule has 0 bridgehead atoms. The Hall–Kier alpha value is -1.55. The van der Waals surface area contributed by atoms with Gasteiger partial charge in [-0.25, -0.2) is 0 Å². The average Bonchev–Trinajstić information content (AvgIpc) is 3.05. The fourth-order valence-electron chi connectivity index (χ4n) is 5.39. The molecule has 0 aliphatic heterocycles. The van der Waals surface area contributed by atoms with Crippen molar-refractivity contribution in [3.8, 4) is 0 Å². The molecule has 0 radical (unpaired) electrons. The van der Waals surface area contributed by atoms with Gasteiger partial charge in [0.1, 0.15) is 0 Å². The summed E-state index contributed by atoms with van der Waals surface area (Å²) < 4.78 is 5.16. The van der Waals surface area contributed by atoms with Gasteiger partial charge in [-0.1, -0.05) is 19.4 Å². The fourth-order valence-corrected chi connectivity index (χ4v) is 5.39. The Balaban J connectivity index is 1.91. The molecule has 2 aliphatic carbocycles. The van der Waals surface area contributed by atoms with Crippen molar-refractivity contribution in [3.05, 3.63) is 35.8 Å². The van der Waals surface area contributed by atoms with Crippen LogP contribution in [0.1, 0.15) is 51.5 Å². The van der Waals surface area contributed by atoms with Gasteiger partial charge in [0.2, 0.25) is 0 Å². The van der Waals surface area contributed by atoms with Gasteiger partial charge in [-0.2, -0.15) is 0 Å². The molecule has 1 saturated carbocycles. The lowest BCUT2D eigenvalue weighted by Gasteiger charge is -2.56. The topological polar surface area (TPSA) is 70.7 Å². The molecule has 1 aromatic rings. The minimum atomic E-state index is -0.673. The first kappa shape index (κ1) is 17.3. The van der Waals surface area contributed by atoms with Crippen LogP contribution in [0, 0.1) is 22.7 Å². The lowest BCUT2D eigenvalue weighted by molar-refractivity contribution is -0.162. The zero-order valence-electron chi connectivity index (χ0n) is 14.6. The molecule has 1 fully saturated rings. The van der Waals surface area contributed by atoms with Crippen molar-refractivity contribution in [2.45, 2.75) is 52.4 Å². The van der Waals surface area contributed by atoms with E-state index in [-0.39, 0.29) is 23.9 Å². The molecular formula is C20H28O4. The van der Waals surface area contributed by atoms with Crippen LogP contribution in [0.2, 0.25) is 0 Å². The zero-order chi connectivity index (χ0) is 17.4. The molecule has 1 aromatic heterocycles. The lowest BCUT2D eigenvalue weighted by atomic mass is 9.47. The molecule has 0 saturated heterocycles. The molecule has 1 heterocycles. The molecule has 132 valence electrons. The number of hydrogen-bond acceptors (Lipinski definition) is 3. The van der Waals surface area contributed by atoms with Gasteiger partial charge in [0.05, 0.1) is 24.5 Å². The number of rotatable bonds is 5. The van der Waals surface area contributed by atoms with Crippen molar-refractivity contribution in [1.29, 1.82) is 0 Å². The Kier molecular flexibility index (Phi) is 4.60. The minimum absolute atomic E-state index is 0.0675. The third kappa shape index (κ3) is 2.71. The minimum Gasteiger partial charge on any atom is -0.481 e. The van der Waals surface area contributed by atoms with Crippen molar-refractivity contribution in [2.24, 2.45) is 22.7 Å². The largest absolute Gasteiger partial charge is 0.481 e. The quantitative estimate of drug-likeness (QED) is 0.798. The second-order valence-electron chi connectivity index (χ2n) is 8.03. The average molecular weight is 332 g/mol. The van der Waals surface area contributed by atoms with E-state index in [0.29, 0.717) is 0 Å². The second-order valence-corrected chi connectivity index (χ2v) is 8.03. The Morgan fingerprint density at radius 1 is 1.38 bits per heavy atom. The maximum absolute atomic E-state index is 12.0. The number of carboxylic acid groups (broad SMARTS) is 1. The number of fused-ring (bicyclic) bond motifs is 1. The Morgan fingerprint density at radius 3 is 2.79 bits per heavy atom. The predicted molar refractivity (Wildman–Crippen MR) is 91.5 cm³/mol. The summed E-state index contributed by atoms with van der Waals surface area (Å²) in [5, 5.41) is 19.7.